The first-order valence-electron chi connectivity index (χ1n) is 6.65. The van der Waals surface area contributed by atoms with Crippen molar-refractivity contribution < 1.29 is 0 Å². The van der Waals surface area contributed by atoms with Gasteiger partial charge in [-0.25, -0.2) is 0 Å². The summed E-state index contributed by atoms with van der Waals surface area (Å²) in [5, 5.41) is 10.4. The molecule has 3 heteroatoms. The molecule has 0 aromatic heterocycles. The number of hydrogen-bond acceptors (Lipinski definition) is 3. The molecule has 0 atom stereocenters. The lowest BCUT2D eigenvalue weighted by atomic mass is 10.1. The summed E-state index contributed by atoms with van der Waals surface area (Å²) < 4.78 is 0. The van der Waals surface area contributed by atoms with E-state index in [0.717, 1.165) is 39.3 Å². The molecule has 0 aliphatic carbocycles. The van der Waals surface area contributed by atoms with Crippen LogP contribution < -0.4 is 16.0 Å². The number of rotatable bonds is 0. The van der Waals surface area contributed by atoms with E-state index in [9.17, 15) is 0 Å². The Labute approximate surface area is 104 Å². The average molecular weight is 233 g/mol. The van der Waals surface area contributed by atoms with Crippen LogP contribution in [0.2, 0.25) is 0 Å². The van der Waals surface area contributed by atoms with Crippen LogP contribution in [0.5, 0.6) is 0 Å². The quantitative estimate of drug-likeness (QED) is 0.631. The molecule has 2 rings (SSSR count). The van der Waals surface area contributed by atoms with Gasteiger partial charge >= 0.3 is 0 Å². The lowest BCUT2D eigenvalue weighted by Gasteiger charge is -2.11. The van der Waals surface area contributed by atoms with Crippen molar-refractivity contribution in [2.24, 2.45) is 0 Å². The summed E-state index contributed by atoms with van der Waals surface area (Å²) in [6.45, 7) is 6.38. The zero-order valence-electron chi connectivity index (χ0n) is 10.5. The van der Waals surface area contributed by atoms with Gasteiger partial charge in [0.25, 0.3) is 0 Å². The normalized spacial score (nSPS) is 19.5. The molecule has 0 spiro atoms. The van der Waals surface area contributed by atoms with E-state index < -0.39 is 0 Å². The van der Waals surface area contributed by atoms with Gasteiger partial charge in [-0.05, 0) is 50.1 Å². The summed E-state index contributed by atoms with van der Waals surface area (Å²) in [6, 6.07) is 8.84. The Morgan fingerprint density at radius 2 is 1.24 bits per heavy atom. The molecule has 17 heavy (non-hydrogen) atoms. The van der Waals surface area contributed by atoms with Crippen LogP contribution in [0.4, 0.5) is 0 Å². The lowest BCUT2D eigenvalue weighted by molar-refractivity contribution is 0.561. The minimum absolute atomic E-state index is 0.980. The van der Waals surface area contributed by atoms with Gasteiger partial charge in [0.15, 0.2) is 0 Å². The summed E-state index contributed by atoms with van der Waals surface area (Å²) in [5.41, 5.74) is 2.77. The first-order chi connectivity index (χ1) is 8.45. The van der Waals surface area contributed by atoms with E-state index in [4.69, 9.17) is 0 Å². The third kappa shape index (κ3) is 4.86. The Hall–Kier alpha value is -0.900. The first-order valence-corrected chi connectivity index (χ1v) is 6.65. The Kier molecular flexibility index (Phi) is 5.49. The minimum Gasteiger partial charge on any atom is -0.317 e. The number of nitrogens with one attached hydrogen (secondary N) is 3. The maximum absolute atomic E-state index is 3.49. The summed E-state index contributed by atoms with van der Waals surface area (Å²) >= 11 is 0. The van der Waals surface area contributed by atoms with E-state index in [0.29, 0.717) is 0 Å². The molecular formula is C14H23N3. The molecule has 3 nitrogen and oxygen atoms in total. The Balaban J connectivity index is 1.91. The van der Waals surface area contributed by atoms with Crippen molar-refractivity contribution in [2.45, 2.75) is 25.9 Å². The van der Waals surface area contributed by atoms with Crippen LogP contribution in [0.1, 0.15) is 24.0 Å². The topological polar surface area (TPSA) is 36.1 Å². The first kappa shape index (κ1) is 12.6. The second kappa shape index (κ2) is 7.43. The fraction of sp³-hybridized carbons (Fsp3) is 0.571. The van der Waals surface area contributed by atoms with Gasteiger partial charge in [0.2, 0.25) is 0 Å². The average Bonchev–Trinajstić information content (AvgIpc) is 2.36. The van der Waals surface area contributed by atoms with Gasteiger partial charge in [-0.2, -0.15) is 0 Å². The van der Waals surface area contributed by atoms with E-state index in [1.165, 1.54) is 24.0 Å². The smallest absolute Gasteiger partial charge is 0.0205 e. The third-order valence-electron chi connectivity index (χ3n) is 3.06. The SMILES string of the molecule is c1cc2cc(c1)CNCCCNCCCNC2. The largest absolute Gasteiger partial charge is 0.317 e. The van der Waals surface area contributed by atoms with Crippen LogP contribution in [0.25, 0.3) is 0 Å². The molecule has 1 aliphatic heterocycles. The van der Waals surface area contributed by atoms with Gasteiger partial charge in [0, 0.05) is 13.1 Å². The molecular weight excluding hydrogens is 210 g/mol. The van der Waals surface area contributed by atoms with Crippen LogP contribution in [0, 0.1) is 0 Å². The zero-order chi connectivity index (χ0) is 11.8. The van der Waals surface area contributed by atoms with Crippen LogP contribution in [0.15, 0.2) is 24.3 Å². The van der Waals surface area contributed by atoms with E-state index in [-0.39, 0.29) is 0 Å². The highest BCUT2D eigenvalue weighted by molar-refractivity contribution is 5.23. The fourth-order valence-corrected chi connectivity index (χ4v) is 2.12. The Bertz CT molecular complexity index is 298. The van der Waals surface area contributed by atoms with E-state index in [2.05, 4.69) is 40.2 Å². The molecule has 1 heterocycles. The van der Waals surface area contributed by atoms with Gasteiger partial charge < -0.3 is 16.0 Å². The number of hydrogen-bond donors (Lipinski definition) is 3. The highest BCUT2D eigenvalue weighted by atomic mass is 14.9. The molecule has 0 saturated heterocycles. The highest BCUT2D eigenvalue weighted by Gasteiger charge is 1.98. The van der Waals surface area contributed by atoms with Gasteiger partial charge in [-0.1, -0.05) is 24.3 Å². The molecule has 1 aliphatic rings. The summed E-state index contributed by atoms with van der Waals surface area (Å²) in [6.07, 6.45) is 2.40. The van der Waals surface area contributed by atoms with Gasteiger partial charge in [0.1, 0.15) is 0 Å². The van der Waals surface area contributed by atoms with Gasteiger partial charge in [-0.15, -0.1) is 0 Å². The summed E-state index contributed by atoms with van der Waals surface area (Å²) in [5.74, 6) is 0. The molecule has 0 saturated carbocycles. The summed E-state index contributed by atoms with van der Waals surface area (Å²) in [7, 11) is 0. The van der Waals surface area contributed by atoms with Crippen molar-refractivity contribution in [1.29, 1.82) is 0 Å². The van der Waals surface area contributed by atoms with E-state index >= 15 is 0 Å². The number of fused-ring (bicyclic) bond motifs is 2. The molecule has 94 valence electrons. The fourth-order valence-electron chi connectivity index (χ4n) is 2.12. The third-order valence-corrected chi connectivity index (χ3v) is 3.06. The standard InChI is InChI=1S/C14H23N3/c1-4-13-10-14(5-1)12-17-9-3-7-15-6-2-8-16-11-13/h1,4-5,10,15-17H,2-3,6-9,11-12H2. The molecule has 0 amide bonds. The van der Waals surface area contributed by atoms with E-state index in [1.54, 1.807) is 0 Å². The maximum atomic E-state index is 3.49. The lowest BCUT2D eigenvalue weighted by Crippen LogP contribution is -2.25. The maximum Gasteiger partial charge on any atom is 0.0205 e. The Morgan fingerprint density at radius 1 is 0.706 bits per heavy atom. The van der Waals surface area contributed by atoms with E-state index in [1.807, 2.05) is 0 Å². The second-order valence-electron chi connectivity index (χ2n) is 4.63. The molecule has 0 unspecified atom stereocenters. The molecule has 1 aromatic carbocycles. The van der Waals surface area contributed by atoms with Crippen LogP contribution in [0.3, 0.4) is 0 Å². The predicted molar refractivity (Wildman–Crippen MR) is 72.0 cm³/mol. The molecule has 0 radical (unpaired) electrons. The summed E-state index contributed by atoms with van der Waals surface area (Å²) in [4.78, 5) is 0. The van der Waals surface area contributed by atoms with Crippen LogP contribution in [-0.4, -0.2) is 26.2 Å². The van der Waals surface area contributed by atoms with Crippen LogP contribution >= 0.6 is 0 Å². The van der Waals surface area contributed by atoms with Crippen molar-refractivity contribution in [3.8, 4) is 0 Å². The zero-order valence-corrected chi connectivity index (χ0v) is 10.5. The monoisotopic (exact) mass is 233 g/mol. The molecule has 0 fully saturated rings. The Morgan fingerprint density at radius 3 is 1.82 bits per heavy atom. The van der Waals surface area contributed by atoms with Crippen molar-refractivity contribution >= 4 is 0 Å². The second-order valence-corrected chi connectivity index (χ2v) is 4.63. The highest BCUT2D eigenvalue weighted by Crippen LogP contribution is 2.05. The molecule has 3 N–H and O–H groups in total. The molecule has 2 bridgehead atoms. The van der Waals surface area contributed by atoms with Crippen molar-refractivity contribution in [3.63, 3.8) is 0 Å². The van der Waals surface area contributed by atoms with Crippen molar-refractivity contribution in [2.75, 3.05) is 26.2 Å². The van der Waals surface area contributed by atoms with Crippen LogP contribution in [-0.2, 0) is 13.1 Å². The predicted octanol–water partition coefficient (Wildman–Crippen LogP) is 1.25. The van der Waals surface area contributed by atoms with Gasteiger partial charge in [-0.3, -0.25) is 0 Å². The molecule has 1 aromatic rings. The van der Waals surface area contributed by atoms with Crippen molar-refractivity contribution in [1.82, 2.24) is 16.0 Å². The minimum atomic E-state index is 0.980. The number of benzene rings is 1. The van der Waals surface area contributed by atoms with Crippen molar-refractivity contribution in [3.05, 3.63) is 35.4 Å². The van der Waals surface area contributed by atoms with Gasteiger partial charge in [0.05, 0.1) is 0 Å².